The fraction of sp³-hybridized carbons (Fsp3) is 0.867. The lowest BCUT2D eigenvalue weighted by atomic mass is 10.2. The Kier molecular flexibility index (Phi) is 9.77. The smallest absolute Gasteiger partial charge is 0.222 e. The van der Waals surface area contributed by atoms with Gasteiger partial charge >= 0.3 is 0 Å². The van der Waals surface area contributed by atoms with E-state index in [-0.39, 0.29) is 30.1 Å². The van der Waals surface area contributed by atoms with Gasteiger partial charge in [0.2, 0.25) is 5.91 Å². The Bertz CT molecular complexity index is 359. The highest BCUT2D eigenvalue weighted by Gasteiger charge is 2.19. The number of nitrogens with one attached hydrogen (secondary N) is 2. The number of carbonyl (C=O) groups excluding carboxylic acids is 1. The minimum Gasteiger partial charge on any atom is -0.376 e. The lowest BCUT2D eigenvalue weighted by Crippen LogP contribution is -2.39. The van der Waals surface area contributed by atoms with Crippen LogP contribution in [0.5, 0.6) is 0 Å². The van der Waals surface area contributed by atoms with E-state index in [0.717, 1.165) is 77.4 Å². The standard InChI is InChI=1S/C15H28N4O2.HI/c1-2-16-15(18-12-13-6-4-11-21-13)17-8-5-10-19-9-3-7-14(19)20;/h13H,2-12H2,1H3,(H2,16,17,18);1H. The van der Waals surface area contributed by atoms with Crippen LogP contribution in [0.1, 0.15) is 39.0 Å². The zero-order valence-electron chi connectivity index (χ0n) is 13.5. The third kappa shape index (κ3) is 6.68. The quantitative estimate of drug-likeness (QED) is 0.280. The third-order valence-electron chi connectivity index (χ3n) is 3.89. The molecule has 2 aliphatic rings. The van der Waals surface area contributed by atoms with Gasteiger partial charge in [-0.05, 0) is 32.6 Å². The molecule has 2 fully saturated rings. The SMILES string of the molecule is CCNC(=NCC1CCCO1)NCCCN1CCCC1=O.I. The molecule has 0 saturated carbocycles. The second-order valence-corrected chi connectivity index (χ2v) is 5.62. The second kappa shape index (κ2) is 11.0. The molecule has 2 rings (SSSR count). The molecule has 0 aromatic rings. The molecule has 0 aromatic carbocycles. The van der Waals surface area contributed by atoms with Crippen LogP contribution >= 0.6 is 24.0 Å². The molecule has 22 heavy (non-hydrogen) atoms. The van der Waals surface area contributed by atoms with Crippen molar-refractivity contribution in [3.8, 4) is 0 Å². The molecule has 1 amide bonds. The van der Waals surface area contributed by atoms with Crippen LogP contribution < -0.4 is 10.6 Å². The van der Waals surface area contributed by atoms with E-state index >= 15 is 0 Å². The molecule has 128 valence electrons. The number of halogens is 1. The first-order chi connectivity index (χ1) is 10.3. The Hall–Kier alpha value is -0.570. The Morgan fingerprint density at radius 2 is 2.27 bits per heavy atom. The van der Waals surface area contributed by atoms with E-state index in [1.54, 1.807) is 0 Å². The van der Waals surface area contributed by atoms with Gasteiger partial charge in [0.05, 0.1) is 12.6 Å². The van der Waals surface area contributed by atoms with Gasteiger partial charge in [0, 0.05) is 39.2 Å². The number of aliphatic imine (C=N–C) groups is 1. The van der Waals surface area contributed by atoms with Crippen LogP contribution in [0.15, 0.2) is 4.99 Å². The van der Waals surface area contributed by atoms with Crippen LogP contribution in [0.4, 0.5) is 0 Å². The number of rotatable bonds is 7. The first kappa shape index (κ1) is 19.5. The maximum Gasteiger partial charge on any atom is 0.222 e. The van der Waals surface area contributed by atoms with Gasteiger partial charge < -0.3 is 20.3 Å². The Labute approximate surface area is 150 Å². The van der Waals surface area contributed by atoms with Gasteiger partial charge in [-0.2, -0.15) is 0 Å². The summed E-state index contributed by atoms with van der Waals surface area (Å²) in [5.41, 5.74) is 0. The second-order valence-electron chi connectivity index (χ2n) is 5.62. The minimum atomic E-state index is 0. The summed E-state index contributed by atoms with van der Waals surface area (Å²) < 4.78 is 5.58. The van der Waals surface area contributed by atoms with Crippen LogP contribution in [0.25, 0.3) is 0 Å². The molecule has 0 radical (unpaired) electrons. The van der Waals surface area contributed by atoms with Crippen molar-refractivity contribution in [2.45, 2.75) is 45.1 Å². The molecule has 2 aliphatic heterocycles. The van der Waals surface area contributed by atoms with Crippen molar-refractivity contribution in [2.75, 3.05) is 39.3 Å². The van der Waals surface area contributed by atoms with Gasteiger partial charge in [-0.25, -0.2) is 0 Å². The summed E-state index contributed by atoms with van der Waals surface area (Å²) in [5, 5.41) is 6.58. The first-order valence-electron chi connectivity index (χ1n) is 8.21. The summed E-state index contributed by atoms with van der Waals surface area (Å²) in [7, 11) is 0. The number of hydrogen-bond donors (Lipinski definition) is 2. The van der Waals surface area contributed by atoms with Crippen molar-refractivity contribution in [1.29, 1.82) is 0 Å². The average Bonchev–Trinajstić information content (AvgIpc) is 3.13. The van der Waals surface area contributed by atoms with Crippen molar-refractivity contribution in [1.82, 2.24) is 15.5 Å². The van der Waals surface area contributed by atoms with Gasteiger partial charge in [-0.1, -0.05) is 0 Å². The van der Waals surface area contributed by atoms with Crippen LogP contribution in [-0.2, 0) is 9.53 Å². The van der Waals surface area contributed by atoms with E-state index in [4.69, 9.17) is 4.74 Å². The highest BCUT2D eigenvalue weighted by molar-refractivity contribution is 14.0. The Morgan fingerprint density at radius 1 is 1.41 bits per heavy atom. The molecule has 1 atom stereocenters. The zero-order chi connectivity index (χ0) is 14.9. The first-order valence-corrected chi connectivity index (χ1v) is 8.21. The van der Waals surface area contributed by atoms with Crippen LogP contribution in [0, 0.1) is 0 Å². The number of hydrogen-bond acceptors (Lipinski definition) is 3. The normalized spacial score (nSPS) is 21.9. The number of guanidine groups is 1. The van der Waals surface area contributed by atoms with Crippen LogP contribution in [-0.4, -0.2) is 62.2 Å². The summed E-state index contributed by atoms with van der Waals surface area (Å²) in [5.74, 6) is 1.15. The molecule has 2 heterocycles. The van der Waals surface area contributed by atoms with Crippen molar-refractivity contribution in [2.24, 2.45) is 4.99 Å². The number of ether oxygens (including phenoxy) is 1. The van der Waals surface area contributed by atoms with Crippen LogP contribution in [0.3, 0.4) is 0 Å². The van der Waals surface area contributed by atoms with Gasteiger partial charge in [0.1, 0.15) is 0 Å². The molecule has 2 N–H and O–H groups in total. The molecule has 0 bridgehead atoms. The zero-order valence-corrected chi connectivity index (χ0v) is 15.8. The lowest BCUT2D eigenvalue weighted by Gasteiger charge is -2.16. The van der Waals surface area contributed by atoms with E-state index in [0.29, 0.717) is 5.91 Å². The number of amides is 1. The van der Waals surface area contributed by atoms with E-state index in [1.165, 1.54) is 0 Å². The van der Waals surface area contributed by atoms with E-state index in [1.807, 2.05) is 4.90 Å². The molecular weight excluding hydrogens is 395 g/mol. The van der Waals surface area contributed by atoms with Crippen molar-refractivity contribution >= 4 is 35.8 Å². The summed E-state index contributed by atoms with van der Waals surface area (Å²) >= 11 is 0. The Balaban J connectivity index is 0.00000242. The molecule has 0 spiro atoms. The van der Waals surface area contributed by atoms with Gasteiger partial charge in [-0.15, -0.1) is 24.0 Å². The van der Waals surface area contributed by atoms with Gasteiger partial charge in [0.15, 0.2) is 5.96 Å². The van der Waals surface area contributed by atoms with Crippen LogP contribution in [0.2, 0.25) is 0 Å². The predicted molar refractivity (Wildman–Crippen MR) is 98.8 cm³/mol. The molecule has 7 heteroatoms. The van der Waals surface area contributed by atoms with Crippen molar-refractivity contribution < 1.29 is 9.53 Å². The third-order valence-corrected chi connectivity index (χ3v) is 3.89. The maximum absolute atomic E-state index is 11.5. The lowest BCUT2D eigenvalue weighted by molar-refractivity contribution is -0.127. The number of nitrogens with zero attached hydrogens (tertiary/aromatic N) is 2. The van der Waals surface area contributed by atoms with E-state index < -0.39 is 0 Å². The number of carbonyl (C=O) groups is 1. The molecule has 0 aliphatic carbocycles. The molecule has 6 nitrogen and oxygen atoms in total. The van der Waals surface area contributed by atoms with Crippen molar-refractivity contribution in [3.63, 3.8) is 0 Å². The molecular formula is C15H29IN4O2. The largest absolute Gasteiger partial charge is 0.376 e. The summed E-state index contributed by atoms with van der Waals surface area (Å²) in [6.45, 7) is 7.10. The predicted octanol–water partition coefficient (Wildman–Crippen LogP) is 1.35. The van der Waals surface area contributed by atoms with Gasteiger partial charge in [0.25, 0.3) is 0 Å². The minimum absolute atomic E-state index is 0. The monoisotopic (exact) mass is 424 g/mol. The summed E-state index contributed by atoms with van der Waals surface area (Å²) in [6, 6.07) is 0. The highest BCUT2D eigenvalue weighted by Crippen LogP contribution is 2.11. The fourth-order valence-corrected chi connectivity index (χ4v) is 2.74. The topological polar surface area (TPSA) is 66.0 Å². The summed E-state index contributed by atoms with van der Waals surface area (Å²) in [6.07, 6.45) is 5.23. The van der Waals surface area contributed by atoms with Crippen molar-refractivity contribution in [3.05, 3.63) is 0 Å². The molecule has 1 unspecified atom stereocenters. The van der Waals surface area contributed by atoms with E-state index in [2.05, 4.69) is 22.5 Å². The molecule has 0 aromatic heterocycles. The molecule has 2 saturated heterocycles. The van der Waals surface area contributed by atoms with E-state index in [9.17, 15) is 4.79 Å². The van der Waals surface area contributed by atoms with Gasteiger partial charge in [-0.3, -0.25) is 9.79 Å². The highest BCUT2D eigenvalue weighted by atomic mass is 127. The maximum atomic E-state index is 11.5. The fourth-order valence-electron chi connectivity index (χ4n) is 2.74. The average molecular weight is 424 g/mol. The summed E-state index contributed by atoms with van der Waals surface area (Å²) in [4.78, 5) is 18.0. The Morgan fingerprint density at radius 3 is 2.91 bits per heavy atom. The number of likely N-dealkylation sites (tertiary alicyclic amines) is 1.